The molecule has 6 rings (SSSR count). The van der Waals surface area contributed by atoms with Gasteiger partial charge in [0.2, 0.25) is 11.8 Å². The summed E-state index contributed by atoms with van der Waals surface area (Å²) < 4.78 is 50.3. The number of amides is 2. The van der Waals surface area contributed by atoms with Crippen LogP contribution in [-0.2, 0) is 20.2 Å². The molecule has 3 fully saturated rings. The third-order valence-electron chi connectivity index (χ3n) is 11.1. The van der Waals surface area contributed by atoms with Gasteiger partial charge in [0.15, 0.2) is 0 Å². The summed E-state index contributed by atoms with van der Waals surface area (Å²) in [6, 6.07) is 4.65. The first-order valence-corrected chi connectivity index (χ1v) is 17.1. The summed E-state index contributed by atoms with van der Waals surface area (Å²) in [5.74, 6) is -3.13. The minimum atomic E-state index is -3.25. The molecule has 1 saturated heterocycles. The van der Waals surface area contributed by atoms with Crippen molar-refractivity contribution in [2.45, 2.75) is 109 Å². The highest BCUT2D eigenvalue weighted by molar-refractivity contribution is 5.89. The Balaban J connectivity index is 1.42. The van der Waals surface area contributed by atoms with E-state index in [0.717, 1.165) is 19.3 Å². The number of aromatic nitrogens is 1. The lowest BCUT2D eigenvalue weighted by Gasteiger charge is -2.36. The highest BCUT2D eigenvalue weighted by atomic mass is 19.3. The number of nitrogens with one attached hydrogen (secondary N) is 1. The van der Waals surface area contributed by atoms with E-state index in [1.165, 1.54) is 18.1 Å². The zero-order valence-corrected chi connectivity index (χ0v) is 28.0. The van der Waals surface area contributed by atoms with Gasteiger partial charge in [0, 0.05) is 23.8 Å². The Bertz CT molecular complexity index is 1510. The molecule has 2 aliphatic carbocycles. The van der Waals surface area contributed by atoms with E-state index in [-0.39, 0.29) is 42.3 Å². The summed E-state index contributed by atoms with van der Waals surface area (Å²) in [5.41, 5.74) is -0.586. The molecule has 1 aromatic heterocycles. The normalized spacial score (nSPS) is 32.8. The topological polar surface area (TPSA) is 107 Å². The van der Waals surface area contributed by atoms with Gasteiger partial charge < -0.3 is 29.2 Å². The van der Waals surface area contributed by atoms with Crippen molar-refractivity contribution in [3.05, 3.63) is 29.8 Å². The molecule has 1 N–H and O–H groups in total. The van der Waals surface area contributed by atoms with E-state index in [0.29, 0.717) is 48.1 Å². The molecule has 2 amide bonds. The molecule has 0 spiro atoms. The van der Waals surface area contributed by atoms with Crippen molar-refractivity contribution in [3.8, 4) is 11.6 Å². The van der Waals surface area contributed by atoms with Crippen molar-refractivity contribution in [2.75, 3.05) is 13.7 Å². The van der Waals surface area contributed by atoms with Crippen LogP contribution in [0.1, 0.15) is 84.6 Å². The number of halogens is 2. The number of fused-ring (bicyclic) bond motifs is 9. The van der Waals surface area contributed by atoms with Gasteiger partial charge in [0.1, 0.15) is 30.3 Å². The smallest absolute Gasteiger partial charge is 0.408 e. The van der Waals surface area contributed by atoms with Crippen LogP contribution in [0.15, 0.2) is 24.3 Å². The second-order valence-corrected chi connectivity index (χ2v) is 15.0. The van der Waals surface area contributed by atoms with E-state index in [1.54, 1.807) is 18.2 Å². The Labute approximate surface area is 275 Å². The molecule has 3 heterocycles. The zero-order valence-electron chi connectivity index (χ0n) is 28.0. The SMILES string of the molecule is CC[C@@H]1[C@@H]2CN(C(=O)[C@H](C(C)(C)C)NC(=O)O[C@@H]3[C@H]4CC[C@H](C4)[C@H]3CCCCC(F)(F)c3cc4ccc(OC)cc4nc3O2)[C@@H]1C=O. The number of methoxy groups -OCH3 is 1. The minimum Gasteiger partial charge on any atom is -0.497 e. The van der Waals surface area contributed by atoms with Crippen LogP contribution in [0.3, 0.4) is 0 Å². The molecule has 0 radical (unpaired) electrons. The first-order valence-electron chi connectivity index (χ1n) is 17.1. The predicted molar refractivity (Wildman–Crippen MR) is 171 cm³/mol. The van der Waals surface area contributed by atoms with E-state index < -0.39 is 53.9 Å². The molecule has 256 valence electrons. The summed E-state index contributed by atoms with van der Waals surface area (Å²) >= 11 is 0. The van der Waals surface area contributed by atoms with Gasteiger partial charge in [-0.3, -0.25) is 4.79 Å². The number of aldehydes is 1. The predicted octanol–water partition coefficient (Wildman–Crippen LogP) is 6.65. The van der Waals surface area contributed by atoms with Crippen LogP contribution in [-0.4, -0.2) is 66.1 Å². The summed E-state index contributed by atoms with van der Waals surface area (Å²) in [4.78, 5) is 46.3. The Kier molecular flexibility index (Phi) is 9.13. The van der Waals surface area contributed by atoms with Crippen LogP contribution >= 0.6 is 0 Å². The highest BCUT2D eigenvalue weighted by Gasteiger charge is 2.51. The van der Waals surface area contributed by atoms with Crippen LogP contribution in [0.25, 0.3) is 10.9 Å². The van der Waals surface area contributed by atoms with Gasteiger partial charge in [0.05, 0.1) is 30.8 Å². The Morgan fingerprint density at radius 3 is 2.57 bits per heavy atom. The number of carbonyl (C=O) groups excluding carboxylic acids is 3. The molecule has 4 aliphatic rings. The molecule has 47 heavy (non-hydrogen) atoms. The molecular formula is C36H47F2N3O6. The van der Waals surface area contributed by atoms with Gasteiger partial charge in [-0.05, 0) is 79.9 Å². The second kappa shape index (κ2) is 12.8. The van der Waals surface area contributed by atoms with Gasteiger partial charge in [-0.15, -0.1) is 0 Å². The Hall–Kier alpha value is -3.50. The standard InChI is InChI=1S/C36H47F2N3O6/c1-6-24-28(19-42)41-18-29(24)46-32-26(16-21-12-13-23(45-5)17-27(21)39-32)36(37,38)14-8-7-9-25-20-10-11-22(15-20)30(25)47-34(44)40-31(33(41)43)35(2,3)4/h12-13,16-17,19-20,22,24-25,28-31H,6-11,14-15,18H2,1-5H3,(H,40,44)/t20-,22+,24+,25-,28-,29+,30-,31-/m1/s1. The number of rotatable bonds is 3. The number of nitrogens with zero attached hydrogens (tertiary/aromatic N) is 2. The summed E-state index contributed by atoms with van der Waals surface area (Å²) in [7, 11) is 1.52. The lowest BCUT2D eigenvalue weighted by Crippen LogP contribution is -2.57. The zero-order chi connectivity index (χ0) is 33.7. The quantitative estimate of drug-likeness (QED) is 0.369. The maximum Gasteiger partial charge on any atom is 0.408 e. The summed E-state index contributed by atoms with van der Waals surface area (Å²) in [6.45, 7) is 7.39. The van der Waals surface area contributed by atoms with Crippen molar-refractivity contribution in [2.24, 2.45) is 29.1 Å². The number of pyridine rings is 1. The van der Waals surface area contributed by atoms with Gasteiger partial charge in [-0.1, -0.05) is 34.1 Å². The fraction of sp³-hybridized carbons (Fsp3) is 0.667. The second-order valence-electron chi connectivity index (χ2n) is 15.0. The number of alkyl halides is 2. The van der Waals surface area contributed by atoms with E-state index >= 15 is 8.78 Å². The van der Waals surface area contributed by atoms with Crippen molar-refractivity contribution in [1.82, 2.24) is 15.2 Å². The van der Waals surface area contributed by atoms with Gasteiger partial charge in [-0.2, -0.15) is 0 Å². The number of hydrogen-bond donors (Lipinski definition) is 1. The van der Waals surface area contributed by atoms with Gasteiger partial charge >= 0.3 is 6.09 Å². The maximum atomic E-state index is 16.2. The Morgan fingerprint density at radius 2 is 1.87 bits per heavy atom. The van der Waals surface area contributed by atoms with E-state index in [9.17, 15) is 14.4 Å². The fourth-order valence-electron chi connectivity index (χ4n) is 8.59. The summed E-state index contributed by atoms with van der Waals surface area (Å²) in [6.07, 6.45) is 3.53. The lowest BCUT2D eigenvalue weighted by atomic mass is 9.82. The molecule has 4 bridgehead atoms. The van der Waals surface area contributed by atoms with E-state index in [2.05, 4.69) is 10.3 Å². The average molecular weight is 656 g/mol. The molecule has 2 aromatic rings. The maximum absolute atomic E-state index is 16.2. The highest BCUT2D eigenvalue weighted by Crippen LogP contribution is 2.52. The van der Waals surface area contributed by atoms with Crippen molar-refractivity contribution in [1.29, 1.82) is 0 Å². The number of benzene rings is 1. The molecule has 8 atom stereocenters. The van der Waals surface area contributed by atoms with Crippen molar-refractivity contribution >= 4 is 29.2 Å². The lowest BCUT2D eigenvalue weighted by molar-refractivity contribution is -0.139. The van der Waals surface area contributed by atoms with E-state index in [1.807, 2.05) is 27.7 Å². The minimum absolute atomic E-state index is 0.0264. The van der Waals surface area contributed by atoms with Crippen LogP contribution in [0.5, 0.6) is 11.6 Å². The number of ether oxygens (including phenoxy) is 3. The molecule has 11 heteroatoms. The number of alkyl carbamates (subject to hydrolysis) is 1. The fourth-order valence-corrected chi connectivity index (χ4v) is 8.59. The Morgan fingerprint density at radius 1 is 1.11 bits per heavy atom. The van der Waals surface area contributed by atoms with Crippen LogP contribution in [0.4, 0.5) is 13.6 Å². The van der Waals surface area contributed by atoms with E-state index in [4.69, 9.17) is 14.2 Å². The third kappa shape index (κ3) is 6.38. The van der Waals surface area contributed by atoms with Gasteiger partial charge in [-0.25, -0.2) is 18.6 Å². The average Bonchev–Trinajstić information content (AvgIpc) is 3.73. The third-order valence-corrected chi connectivity index (χ3v) is 11.1. The molecule has 2 aliphatic heterocycles. The number of hydrogen-bond acceptors (Lipinski definition) is 7. The molecule has 9 nitrogen and oxygen atoms in total. The summed E-state index contributed by atoms with van der Waals surface area (Å²) in [5, 5.41) is 3.40. The largest absolute Gasteiger partial charge is 0.497 e. The molecule has 1 aromatic carbocycles. The molecular weight excluding hydrogens is 608 g/mol. The first kappa shape index (κ1) is 33.4. The molecule has 2 saturated carbocycles. The van der Waals surface area contributed by atoms with Crippen LogP contribution in [0.2, 0.25) is 0 Å². The molecule has 0 unspecified atom stereocenters. The van der Waals surface area contributed by atoms with Crippen LogP contribution < -0.4 is 14.8 Å². The van der Waals surface area contributed by atoms with Crippen LogP contribution in [0, 0.1) is 29.1 Å². The monoisotopic (exact) mass is 655 g/mol. The first-order chi connectivity index (χ1) is 22.3. The van der Waals surface area contributed by atoms with Crippen molar-refractivity contribution in [3.63, 3.8) is 0 Å². The van der Waals surface area contributed by atoms with Crippen molar-refractivity contribution < 1.29 is 37.4 Å². The van der Waals surface area contributed by atoms with Gasteiger partial charge in [0.25, 0.3) is 5.92 Å². The number of carbonyl (C=O) groups is 3.